The van der Waals surface area contributed by atoms with E-state index in [0.717, 1.165) is 19.4 Å². The highest BCUT2D eigenvalue weighted by Gasteiger charge is 2.29. The van der Waals surface area contributed by atoms with Crippen molar-refractivity contribution >= 4 is 11.6 Å². The van der Waals surface area contributed by atoms with Crippen LogP contribution in [0.2, 0.25) is 0 Å². The first kappa shape index (κ1) is 16.9. The van der Waals surface area contributed by atoms with Crippen LogP contribution in [0.15, 0.2) is 18.2 Å². The molecule has 4 nitrogen and oxygen atoms in total. The van der Waals surface area contributed by atoms with Gasteiger partial charge in [-0.3, -0.25) is 9.69 Å². The number of anilines is 1. The number of piperidine rings is 1. The monoisotopic (exact) mass is 308 g/mol. The molecular formula is C17H25FN2O2. The van der Waals surface area contributed by atoms with Crippen LogP contribution in [0.25, 0.3) is 0 Å². The summed E-state index contributed by atoms with van der Waals surface area (Å²) in [6.45, 7) is 6.90. The van der Waals surface area contributed by atoms with E-state index in [1.807, 2.05) is 6.92 Å². The number of hydrogen-bond acceptors (Lipinski definition) is 3. The van der Waals surface area contributed by atoms with Gasteiger partial charge in [0.15, 0.2) is 0 Å². The maximum atomic E-state index is 13.5. The lowest BCUT2D eigenvalue weighted by Crippen LogP contribution is -2.48. The molecule has 3 unspecified atom stereocenters. The number of aliphatic hydroxyl groups excluding tert-OH is 1. The van der Waals surface area contributed by atoms with Gasteiger partial charge in [-0.15, -0.1) is 0 Å². The number of nitrogens with zero attached hydrogens (tertiary/aromatic N) is 1. The molecule has 1 amide bonds. The molecule has 0 bridgehead atoms. The van der Waals surface area contributed by atoms with Crippen LogP contribution >= 0.6 is 0 Å². The predicted molar refractivity (Wildman–Crippen MR) is 85.2 cm³/mol. The van der Waals surface area contributed by atoms with Crippen molar-refractivity contribution in [3.63, 3.8) is 0 Å². The number of aliphatic hydroxyl groups is 1. The Labute approximate surface area is 131 Å². The Balaban J connectivity index is 1.97. The van der Waals surface area contributed by atoms with Gasteiger partial charge in [0.1, 0.15) is 5.82 Å². The Bertz CT molecular complexity index is 533. The fourth-order valence-corrected chi connectivity index (χ4v) is 2.87. The Morgan fingerprint density at radius 2 is 2.18 bits per heavy atom. The number of hydrogen-bond donors (Lipinski definition) is 2. The van der Waals surface area contributed by atoms with Gasteiger partial charge in [-0.2, -0.15) is 0 Å². The van der Waals surface area contributed by atoms with Crippen LogP contribution in [0.5, 0.6) is 0 Å². The van der Waals surface area contributed by atoms with Gasteiger partial charge in [0.25, 0.3) is 0 Å². The van der Waals surface area contributed by atoms with Crippen molar-refractivity contribution in [1.29, 1.82) is 0 Å². The minimum absolute atomic E-state index is 0.144. The van der Waals surface area contributed by atoms with E-state index in [2.05, 4.69) is 10.2 Å². The zero-order chi connectivity index (χ0) is 16.3. The van der Waals surface area contributed by atoms with Crippen molar-refractivity contribution in [2.45, 2.75) is 45.8 Å². The molecule has 0 aliphatic carbocycles. The van der Waals surface area contributed by atoms with Gasteiger partial charge >= 0.3 is 0 Å². The van der Waals surface area contributed by atoms with E-state index in [1.165, 1.54) is 6.07 Å². The minimum atomic E-state index is -0.357. The predicted octanol–water partition coefficient (Wildman–Crippen LogP) is 2.55. The van der Waals surface area contributed by atoms with E-state index in [9.17, 15) is 14.3 Å². The van der Waals surface area contributed by atoms with Crippen LogP contribution < -0.4 is 5.32 Å². The summed E-state index contributed by atoms with van der Waals surface area (Å²) in [6, 6.07) is 4.40. The summed E-state index contributed by atoms with van der Waals surface area (Å²) in [6.07, 6.45) is 1.61. The number of halogens is 1. The number of amides is 1. The second-order valence-electron chi connectivity index (χ2n) is 6.27. The van der Waals surface area contributed by atoms with Gasteiger partial charge in [0.2, 0.25) is 5.91 Å². The fourth-order valence-electron chi connectivity index (χ4n) is 2.87. The van der Waals surface area contributed by atoms with Crippen molar-refractivity contribution in [1.82, 2.24) is 4.90 Å². The molecule has 5 heteroatoms. The Morgan fingerprint density at radius 1 is 1.45 bits per heavy atom. The minimum Gasteiger partial charge on any atom is -0.393 e. The third-order valence-electron chi connectivity index (χ3n) is 4.54. The molecule has 0 saturated carbocycles. The summed E-state index contributed by atoms with van der Waals surface area (Å²) in [4.78, 5) is 14.4. The Morgan fingerprint density at radius 3 is 2.82 bits per heavy atom. The molecule has 1 aliphatic heterocycles. The van der Waals surface area contributed by atoms with E-state index in [4.69, 9.17) is 0 Å². The Hall–Kier alpha value is -1.46. The highest BCUT2D eigenvalue weighted by molar-refractivity contribution is 5.94. The average molecular weight is 308 g/mol. The molecule has 3 atom stereocenters. The van der Waals surface area contributed by atoms with Crippen molar-refractivity contribution in [3.8, 4) is 0 Å². The zero-order valence-electron chi connectivity index (χ0n) is 13.5. The van der Waals surface area contributed by atoms with Gasteiger partial charge in [0.05, 0.1) is 12.1 Å². The van der Waals surface area contributed by atoms with Crippen molar-refractivity contribution in [3.05, 3.63) is 29.6 Å². The average Bonchev–Trinajstić information content (AvgIpc) is 2.50. The SMILES string of the molecule is Cc1ccc(NC(=O)C(C)N2CCCC(C(C)O)C2)cc1F. The highest BCUT2D eigenvalue weighted by Crippen LogP contribution is 2.22. The van der Waals surface area contributed by atoms with E-state index >= 15 is 0 Å². The van der Waals surface area contributed by atoms with Crippen LogP contribution in [0.4, 0.5) is 10.1 Å². The smallest absolute Gasteiger partial charge is 0.241 e. The summed E-state index contributed by atoms with van der Waals surface area (Å²) in [5.74, 6) is -0.257. The van der Waals surface area contributed by atoms with E-state index in [-0.39, 0.29) is 29.8 Å². The topological polar surface area (TPSA) is 52.6 Å². The largest absolute Gasteiger partial charge is 0.393 e. The molecule has 2 rings (SSSR count). The molecule has 1 aromatic carbocycles. The number of carbonyl (C=O) groups excluding carboxylic acids is 1. The van der Waals surface area contributed by atoms with Crippen LogP contribution in [-0.4, -0.2) is 41.1 Å². The fraction of sp³-hybridized carbons (Fsp3) is 0.588. The molecule has 0 radical (unpaired) electrons. The van der Waals surface area contributed by atoms with E-state index in [1.54, 1.807) is 26.0 Å². The lowest BCUT2D eigenvalue weighted by molar-refractivity contribution is -0.121. The molecule has 0 aromatic heterocycles. The molecule has 122 valence electrons. The van der Waals surface area contributed by atoms with Crippen molar-refractivity contribution in [2.24, 2.45) is 5.92 Å². The van der Waals surface area contributed by atoms with Gasteiger partial charge in [0, 0.05) is 12.2 Å². The van der Waals surface area contributed by atoms with Crippen LogP contribution in [0.1, 0.15) is 32.3 Å². The molecule has 1 saturated heterocycles. The summed E-state index contributed by atoms with van der Waals surface area (Å²) >= 11 is 0. The first-order valence-electron chi connectivity index (χ1n) is 7.87. The molecule has 2 N–H and O–H groups in total. The number of benzene rings is 1. The molecule has 0 spiro atoms. The first-order valence-corrected chi connectivity index (χ1v) is 7.87. The third kappa shape index (κ3) is 4.05. The number of aryl methyl sites for hydroxylation is 1. The molecule has 1 aromatic rings. The molecular weight excluding hydrogens is 283 g/mol. The second-order valence-corrected chi connectivity index (χ2v) is 6.27. The quantitative estimate of drug-likeness (QED) is 0.899. The first-order chi connectivity index (χ1) is 10.4. The van der Waals surface area contributed by atoms with Crippen LogP contribution in [-0.2, 0) is 4.79 Å². The number of carbonyl (C=O) groups is 1. The van der Waals surface area contributed by atoms with Crippen molar-refractivity contribution in [2.75, 3.05) is 18.4 Å². The molecule has 1 aliphatic rings. The van der Waals surface area contributed by atoms with E-state index in [0.29, 0.717) is 17.8 Å². The summed E-state index contributed by atoms with van der Waals surface area (Å²) in [5, 5.41) is 12.5. The number of rotatable bonds is 4. The maximum absolute atomic E-state index is 13.5. The zero-order valence-corrected chi connectivity index (χ0v) is 13.5. The number of likely N-dealkylation sites (tertiary alicyclic amines) is 1. The highest BCUT2D eigenvalue weighted by atomic mass is 19.1. The molecule has 1 heterocycles. The van der Waals surface area contributed by atoms with Gasteiger partial charge in [-0.25, -0.2) is 4.39 Å². The van der Waals surface area contributed by atoms with Crippen LogP contribution in [0.3, 0.4) is 0 Å². The molecule has 22 heavy (non-hydrogen) atoms. The third-order valence-corrected chi connectivity index (χ3v) is 4.54. The lowest BCUT2D eigenvalue weighted by atomic mass is 9.92. The maximum Gasteiger partial charge on any atom is 0.241 e. The van der Waals surface area contributed by atoms with Gasteiger partial charge in [-0.1, -0.05) is 6.07 Å². The number of nitrogens with one attached hydrogen (secondary N) is 1. The Kier molecular flexibility index (Phi) is 5.53. The van der Waals surface area contributed by atoms with Crippen LogP contribution in [0, 0.1) is 18.7 Å². The van der Waals surface area contributed by atoms with E-state index < -0.39 is 0 Å². The summed E-state index contributed by atoms with van der Waals surface area (Å²) < 4.78 is 13.5. The second kappa shape index (κ2) is 7.20. The summed E-state index contributed by atoms with van der Waals surface area (Å²) in [7, 11) is 0. The van der Waals surface area contributed by atoms with Gasteiger partial charge < -0.3 is 10.4 Å². The standard InChI is InChI=1S/C17H25FN2O2/c1-11-6-7-15(9-16(11)18)19-17(22)12(2)20-8-4-5-14(10-20)13(3)21/h6-7,9,12-14,21H,4-5,8,10H2,1-3H3,(H,19,22). The molecule has 1 fully saturated rings. The summed E-state index contributed by atoms with van der Waals surface area (Å²) in [5.41, 5.74) is 1.03. The van der Waals surface area contributed by atoms with Crippen molar-refractivity contribution < 1.29 is 14.3 Å². The lowest BCUT2D eigenvalue weighted by Gasteiger charge is -2.37. The normalized spacial score (nSPS) is 22.1. The van der Waals surface area contributed by atoms with Gasteiger partial charge in [-0.05, 0) is 63.8 Å².